The van der Waals surface area contributed by atoms with Crippen LogP contribution in [0.5, 0.6) is 5.75 Å². The number of aryl methyl sites for hydroxylation is 1. The summed E-state index contributed by atoms with van der Waals surface area (Å²) < 4.78 is 5.42. The Morgan fingerprint density at radius 2 is 1.81 bits per heavy atom. The van der Waals surface area contributed by atoms with E-state index in [1.807, 2.05) is 42.5 Å². The van der Waals surface area contributed by atoms with E-state index in [2.05, 4.69) is 16.9 Å². The molecule has 0 saturated heterocycles. The van der Waals surface area contributed by atoms with Gasteiger partial charge in [-0.3, -0.25) is 0 Å². The average molecular weight is 279 g/mol. The number of anilines is 1. The maximum atomic E-state index is 5.90. The number of hydrogen-bond acceptors (Lipinski definition) is 4. The maximum absolute atomic E-state index is 5.90. The normalized spacial score (nSPS) is 10.8. The second-order valence-corrected chi connectivity index (χ2v) is 4.82. The molecular weight excluding hydrogens is 262 g/mol. The summed E-state index contributed by atoms with van der Waals surface area (Å²) >= 11 is 0. The van der Waals surface area contributed by atoms with Crippen molar-refractivity contribution in [2.45, 2.75) is 13.3 Å². The highest BCUT2D eigenvalue weighted by atomic mass is 16.5. The molecule has 1 heterocycles. The fourth-order valence-corrected chi connectivity index (χ4v) is 2.46. The van der Waals surface area contributed by atoms with E-state index in [0.717, 1.165) is 34.2 Å². The summed E-state index contributed by atoms with van der Waals surface area (Å²) in [6, 6.07) is 13.8. The maximum Gasteiger partial charge on any atom is 0.162 e. The molecule has 2 N–H and O–H groups in total. The number of aromatic nitrogens is 2. The van der Waals surface area contributed by atoms with E-state index in [9.17, 15) is 0 Å². The van der Waals surface area contributed by atoms with Crippen LogP contribution in [-0.4, -0.2) is 17.1 Å². The van der Waals surface area contributed by atoms with Crippen molar-refractivity contribution in [1.82, 2.24) is 9.97 Å². The molecule has 4 nitrogen and oxygen atoms in total. The largest absolute Gasteiger partial charge is 0.496 e. The number of hydrogen-bond donors (Lipinski definition) is 1. The summed E-state index contributed by atoms with van der Waals surface area (Å²) in [7, 11) is 1.67. The molecule has 0 amide bonds. The van der Waals surface area contributed by atoms with E-state index >= 15 is 0 Å². The highest BCUT2D eigenvalue weighted by Gasteiger charge is 2.11. The van der Waals surface area contributed by atoms with Crippen molar-refractivity contribution in [3.05, 3.63) is 48.2 Å². The van der Waals surface area contributed by atoms with Crippen molar-refractivity contribution < 1.29 is 4.74 Å². The topological polar surface area (TPSA) is 61.0 Å². The number of ether oxygens (including phenoxy) is 1. The molecular formula is C17H17N3O. The Bertz CT molecular complexity index is 799. The molecule has 0 fully saturated rings. The first-order valence-electron chi connectivity index (χ1n) is 6.92. The highest BCUT2D eigenvalue weighted by Crippen LogP contribution is 2.33. The van der Waals surface area contributed by atoms with Crippen LogP contribution in [0.15, 0.2) is 42.5 Å². The van der Waals surface area contributed by atoms with E-state index in [0.29, 0.717) is 11.6 Å². The molecule has 3 rings (SSSR count). The summed E-state index contributed by atoms with van der Waals surface area (Å²) in [4.78, 5) is 8.98. The fourth-order valence-electron chi connectivity index (χ4n) is 2.46. The minimum absolute atomic E-state index is 0.497. The van der Waals surface area contributed by atoms with Crippen molar-refractivity contribution in [2.75, 3.05) is 12.8 Å². The third-order valence-corrected chi connectivity index (χ3v) is 3.51. The number of nitrogens with two attached hydrogens (primary N) is 1. The van der Waals surface area contributed by atoms with Crippen molar-refractivity contribution in [3.63, 3.8) is 0 Å². The van der Waals surface area contributed by atoms with Crippen LogP contribution in [0.4, 0.5) is 5.82 Å². The molecule has 0 unspecified atom stereocenters. The van der Waals surface area contributed by atoms with Gasteiger partial charge in [0.2, 0.25) is 0 Å². The van der Waals surface area contributed by atoms with Gasteiger partial charge in [-0.2, -0.15) is 0 Å². The lowest BCUT2D eigenvalue weighted by atomic mass is 10.0. The van der Waals surface area contributed by atoms with Gasteiger partial charge in [0, 0.05) is 22.7 Å². The Labute approximate surface area is 123 Å². The van der Waals surface area contributed by atoms with Crippen molar-refractivity contribution in [3.8, 4) is 17.1 Å². The number of rotatable bonds is 3. The third-order valence-electron chi connectivity index (χ3n) is 3.51. The van der Waals surface area contributed by atoms with Gasteiger partial charge < -0.3 is 10.5 Å². The van der Waals surface area contributed by atoms with Crippen LogP contribution < -0.4 is 10.5 Å². The lowest BCUT2D eigenvalue weighted by Gasteiger charge is -2.10. The lowest BCUT2D eigenvalue weighted by molar-refractivity contribution is 0.420. The first-order valence-corrected chi connectivity index (χ1v) is 6.92. The quantitative estimate of drug-likeness (QED) is 0.797. The predicted molar refractivity (Wildman–Crippen MR) is 85.3 cm³/mol. The van der Waals surface area contributed by atoms with Crippen LogP contribution in [0, 0.1) is 0 Å². The molecule has 0 saturated carbocycles. The van der Waals surface area contributed by atoms with E-state index in [1.54, 1.807) is 7.11 Å². The van der Waals surface area contributed by atoms with Crippen molar-refractivity contribution in [2.24, 2.45) is 0 Å². The zero-order chi connectivity index (χ0) is 14.8. The highest BCUT2D eigenvalue weighted by molar-refractivity contribution is 5.98. The van der Waals surface area contributed by atoms with Gasteiger partial charge in [-0.05, 0) is 23.9 Å². The SMILES string of the molecule is CCc1cc(N)nc(-c2ccc(OC)c3ccccc23)n1. The van der Waals surface area contributed by atoms with Gasteiger partial charge in [0.1, 0.15) is 11.6 Å². The predicted octanol–water partition coefficient (Wildman–Crippen LogP) is 3.45. The molecule has 0 radical (unpaired) electrons. The number of fused-ring (bicyclic) bond motifs is 1. The monoisotopic (exact) mass is 279 g/mol. The Morgan fingerprint density at radius 1 is 1.05 bits per heavy atom. The van der Waals surface area contributed by atoms with Crippen LogP contribution in [0.25, 0.3) is 22.2 Å². The Morgan fingerprint density at radius 3 is 2.52 bits per heavy atom. The van der Waals surface area contributed by atoms with Gasteiger partial charge in [0.05, 0.1) is 7.11 Å². The van der Waals surface area contributed by atoms with Gasteiger partial charge in [0.25, 0.3) is 0 Å². The molecule has 106 valence electrons. The van der Waals surface area contributed by atoms with E-state index in [-0.39, 0.29) is 0 Å². The third kappa shape index (κ3) is 2.40. The van der Waals surface area contributed by atoms with Crippen LogP contribution in [-0.2, 0) is 6.42 Å². The molecule has 0 atom stereocenters. The van der Waals surface area contributed by atoms with E-state index < -0.39 is 0 Å². The molecule has 2 aromatic carbocycles. The summed E-state index contributed by atoms with van der Waals surface area (Å²) in [5.41, 5.74) is 7.80. The molecule has 21 heavy (non-hydrogen) atoms. The summed E-state index contributed by atoms with van der Waals surface area (Å²) in [6.07, 6.45) is 0.827. The molecule has 0 aliphatic rings. The van der Waals surface area contributed by atoms with Crippen LogP contribution in [0.2, 0.25) is 0 Å². The zero-order valence-corrected chi connectivity index (χ0v) is 12.1. The van der Waals surface area contributed by atoms with Crippen LogP contribution >= 0.6 is 0 Å². The second-order valence-electron chi connectivity index (χ2n) is 4.82. The summed E-state index contributed by atoms with van der Waals surface area (Å²) in [5.74, 6) is 2.00. The number of methoxy groups -OCH3 is 1. The van der Waals surface area contributed by atoms with E-state index in [4.69, 9.17) is 10.5 Å². The minimum atomic E-state index is 0.497. The summed E-state index contributed by atoms with van der Waals surface area (Å²) in [6.45, 7) is 2.05. The zero-order valence-electron chi connectivity index (χ0n) is 12.1. The van der Waals surface area contributed by atoms with Crippen LogP contribution in [0.3, 0.4) is 0 Å². The molecule has 3 aromatic rings. The van der Waals surface area contributed by atoms with Gasteiger partial charge >= 0.3 is 0 Å². The Hall–Kier alpha value is -2.62. The van der Waals surface area contributed by atoms with Crippen molar-refractivity contribution in [1.29, 1.82) is 0 Å². The Kier molecular flexibility index (Phi) is 3.44. The van der Waals surface area contributed by atoms with Gasteiger partial charge in [0.15, 0.2) is 5.82 Å². The fraction of sp³-hybridized carbons (Fsp3) is 0.176. The Balaban J connectivity index is 2.28. The average Bonchev–Trinajstić information content (AvgIpc) is 2.53. The van der Waals surface area contributed by atoms with Crippen LogP contribution in [0.1, 0.15) is 12.6 Å². The molecule has 0 aliphatic carbocycles. The van der Waals surface area contributed by atoms with Gasteiger partial charge in [-0.25, -0.2) is 9.97 Å². The number of benzene rings is 2. The first kappa shape index (κ1) is 13.4. The molecule has 0 bridgehead atoms. The molecule has 0 aliphatic heterocycles. The van der Waals surface area contributed by atoms with Gasteiger partial charge in [-0.15, -0.1) is 0 Å². The summed E-state index contributed by atoms with van der Waals surface area (Å²) in [5, 5.41) is 2.10. The molecule has 1 aromatic heterocycles. The molecule has 4 heteroatoms. The van der Waals surface area contributed by atoms with Crippen molar-refractivity contribution >= 4 is 16.6 Å². The standard InChI is InChI=1S/C17H17N3O/c1-3-11-10-16(18)20-17(19-11)14-8-9-15(21-2)13-7-5-4-6-12(13)14/h4-10H,3H2,1-2H3,(H2,18,19,20). The first-order chi connectivity index (χ1) is 10.2. The minimum Gasteiger partial charge on any atom is -0.496 e. The lowest BCUT2D eigenvalue weighted by Crippen LogP contribution is -2.00. The number of nitrogens with zero attached hydrogens (tertiary/aromatic N) is 2. The van der Waals surface area contributed by atoms with E-state index in [1.165, 1.54) is 0 Å². The molecule has 0 spiro atoms. The second kappa shape index (κ2) is 5.40. The smallest absolute Gasteiger partial charge is 0.162 e. The van der Waals surface area contributed by atoms with Gasteiger partial charge in [-0.1, -0.05) is 31.2 Å². The number of nitrogen functional groups attached to an aromatic ring is 1.